The molecule has 1 aromatic heterocycles. The van der Waals surface area contributed by atoms with Crippen molar-refractivity contribution < 1.29 is 31.1 Å². The molecule has 1 aliphatic carbocycles. The van der Waals surface area contributed by atoms with E-state index in [4.69, 9.17) is 0 Å². The second kappa shape index (κ2) is 11.2. The molecular formula is C25H28F6N4O2. The summed E-state index contributed by atoms with van der Waals surface area (Å²) in [6, 6.07) is 4.39. The van der Waals surface area contributed by atoms with E-state index in [2.05, 4.69) is 10.6 Å². The fourth-order valence-corrected chi connectivity index (χ4v) is 4.69. The van der Waals surface area contributed by atoms with Gasteiger partial charge in [-0.15, -0.1) is 0 Å². The molecule has 2 heterocycles. The van der Waals surface area contributed by atoms with Crippen molar-refractivity contribution in [1.82, 2.24) is 14.8 Å². The lowest BCUT2D eigenvalue weighted by molar-refractivity contribution is 0.0648. The van der Waals surface area contributed by atoms with Gasteiger partial charge in [0.05, 0.1) is 16.8 Å². The van der Waals surface area contributed by atoms with Crippen LogP contribution >= 0.6 is 0 Å². The maximum Gasteiger partial charge on any atom is 0.266 e. The predicted molar refractivity (Wildman–Crippen MR) is 126 cm³/mol. The van der Waals surface area contributed by atoms with Crippen molar-refractivity contribution in [3.05, 3.63) is 63.3 Å². The van der Waals surface area contributed by atoms with Crippen LogP contribution in [0.3, 0.4) is 0 Å². The first-order valence-corrected chi connectivity index (χ1v) is 12.1. The number of amides is 1. The Morgan fingerprint density at radius 2 is 1.84 bits per heavy atom. The van der Waals surface area contributed by atoms with E-state index in [1.165, 1.54) is 12.1 Å². The third-order valence-corrected chi connectivity index (χ3v) is 7.08. The first-order valence-electron chi connectivity index (χ1n) is 12.1. The van der Waals surface area contributed by atoms with Gasteiger partial charge < -0.3 is 20.1 Å². The number of hydrogen-bond acceptors (Lipinski definition) is 4. The molecule has 2 N–H and O–H groups in total. The molecule has 1 aromatic carbocycles. The highest BCUT2D eigenvalue weighted by Crippen LogP contribution is 2.48. The maximum absolute atomic E-state index is 14.4. The molecule has 37 heavy (non-hydrogen) atoms. The fourth-order valence-electron chi connectivity index (χ4n) is 4.69. The van der Waals surface area contributed by atoms with Gasteiger partial charge in [-0.1, -0.05) is 18.2 Å². The van der Waals surface area contributed by atoms with E-state index in [1.807, 2.05) is 4.90 Å². The lowest BCUT2D eigenvalue weighted by Gasteiger charge is -2.32. The van der Waals surface area contributed by atoms with Crippen LogP contribution in [0.25, 0.3) is 0 Å². The molecule has 12 heteroatoms. The van der Waals surface area contributed by atoms with Crippen molar-refractivity contribution in [2.75, 3.05) is 31.6 Å². The third-order valence-electron chi connectivity index (χ3n) is 7.08. The Morgan fingerprint density at radius 3 is 2.43 bits per heavy atom. The Morgan fingerprint density at radius 1 is 1.14 bits per heavy atom. The van der Waals surface area contributed by atoms with E-state index < -0.39 is 54.5 Å². The summed E-state index contributed by atoms with van der Waals surface area (Å²) in [6.07, 6.45) is -3.38. The summed E-state index contributed by atoms with van der Waals surface area (Å²) in [5.74, 6) is -1.92. The van der Waals surface area contributed by atoms with Gasteiger partial charge in [-0.25, -0.2) is 26.3 Å². The summed E-state index contributed by atoms with van der Waals surface area (Å²) in [6.45, 7) is 0.636. The average molecular weight is 531 g/mol. The van der Waals surface area contributed by atoms with E-state index in [9.17, 15) is 35.9 Å². The minimum absolute atomic E-state index is 0.0804. The minimum atomic E-state index is -3.03. The zero-order chi connectivity index (χ0) is 26.7. The number of hydrogen-bond donors (Lipinski definition) is 2. The SMILES string of the molecule is O=C(NCc1cccc(C(F)F)c1F)c1cn(C2(C(F)F)CC2)c(=O)cc1NC1CCN(CCF)CC1. The van der Waals surface area contributed by atoms with Gasteiger partial charge in [0.1, 0.15) is 18.0 Å². The molecular weight excluding hydrogens is 502 g/mol. The highest BCUT2D eigenvalue weighted by atomic mass is 19.3. The number of piperidine rings is 1. The molecule has 1 aliphatic heterocycles. The zero-order valence-corrected chi connectivity index (χ0v) is 20.0. The molecule has 202 valence electrons. The summed E-state index contributed by atoms with van der Waals surface area (Å²) in [5, 5.41) is 5.60. The van der Waals surface area contributed by atoms with Crippen molar-refractivity contribution in [2.24, 2.45) is 0 Å². The Balaban J connectivity index is 1.59. The third kappa shape index (κ3) is 5.78. The Hall–Kier alpha value is -3.02. The highest BCUT2D eigenvalue weighted by Gasteiger charge is 2.53. The Labute approximate surface area is 209 Å². The number of halogens is 6. The van der Waals surface area contributed by atoms with Crippen LogP contribution in [0.5, 0.6) is 0 Å². The maximum atomic E-state index is 14.4. The number of benzene rings is 1. The monoisotopic (exact) mass is 530 g/mol. The Kier molecular flexibility index (Phi) is 8.15. The van der Waals surface area contributed by atoms with Gasteiger partial charge >= 0.3 is 0 Å². The lowest BCUT2D eigenvalue weighted by Crippen LogP contribution is -2.41. The molecule has 0 radical (unpaired) electrons. The number of rotatable bonds is 10. The Bertz CT molecular complexity index is 1180. The van der Waals surface area contributed by atoms with Gasteiger partial charge in [0.2, 0.25) is 0 Å². The first-order chi connectivity index (χ1) is 17.7. The van der Waals surface area contributed by atoms with Gasteiger partial charge in [0.25, 0.3) is 24.3 Å². The van der Waals surface area contributed by atoms with E-state index in [1.54, 1.807) is 0 Å². The van der Waals surface area contributed by atoms with Gasteiger partial charge in [0, 0.05) is 50.0 Å². The smallest absolute Gasteiger partial charge is 0.266 e. The number of carbonyl (C=O) groups excluding carboxylic acids is 1. The highest BCUT2D eigenvalue weighted by molar-refractivity contribution is 5.99. The van der Waals surface area contributed by atoms with Crippen LogP contribution < -0.4 is 16.2 Å². The average Bonchev–Trinajstić information content (AvgIpc) is 3.67. The van der Waals surface area contributed by atoms with E-state index >= 15 is 0 Å². The molecule has 0 spiro atoms. The summed E-state index contributed by atoms with van der Waals surface area (Å²) in [5.41, 5.74) is -3.30. The summed E-state index contributed by atoms with van der Waals surface area (Å²) < 4.78 is 81.5. The van der Waals surface area contributed by atoms with Crippen LogP contribution in [0.1, 0.15) is 53.6 Å². The van der Waals surface area contributed by atoms with Gasteiger partial charge in [-0.05, 0) is 25.7 Å². The molecule has 0 atom stereocenters. The molecule has 2 aliphatic rings. The normalized spacial score (nSPS) is 17.8. The number of likely N-dealkylation sites (tertiary alicyclic amines) is 1. The molecule has 1 saturated heterocycles. The number of nitrogens with zero attached hydrogens (tertiary/aromatic N) is 2. The fraction of sp³-hybridized carbons (Fsp3) is 0.520. The standard InChI is InChI=1S/C25H28F6N4O2/c26-8-11-34-9-4-16(5-10-34)33-19-12-20(36)35(25(6-7-25)24(30)31)14-18(19)23(37)32-13-15-2-1-3-17(21(15)27)22(28)29/h1-3,12,14,16,22,24,33H,4-11,13H2,(H,32,37). The minimum Gasteiger partial charge on any atom is -0.381 e. The molecule has 0 bridgehead atoms. The van der Waals surface area contributed by atoms with Crippen LogP contribution in [-0.4, -0.2) is 54.2 Å². The molecule has 2 aromatic rings. The van der Waals surface area contributed by atoms with E-state index in [0.717, 1.165) is 22.9 Å². The number of nitrogens with one attached hydrogen (secondary N) is 2. The number of alkyl halides is 5. The quantitative estimate of drug-likeness (QED) is 0.446. The van der Waals surface area contributed by atoms with E-state index in [-0.39, 0.29) is 35.7 Å². The van der Waals surface area contributed by atoms with Gasteiger partial charge in [-0.2, -0.15) is 0 Å². The van der Waals surface area contributed by atoms with Crippen molar-refractivity contribution in [3.8, 4) is 0 Å². The molecule has 4 rings (SSSR count). The number of aromatic nitrogens is 1. The zero-order valence-electron chi connectivity index (χ0n) is 20.0. The van der Waals surface area contributed by atoms with Crippen LogP contribution in [0.15, 0.2) is 35.3 Å². The molecule has 1 amide bonds. The largest absolute Gasteiger partial charge is 0.381 e. The topological polar surface area (TPSA) is 66.4 Å². The molecule has 1 saturated carbocycles. The number of pyridine rings is 1. The second-order valence-electron chi connectivity index (χ2n) is 9.47. The van der Waals surface area contributed by atoms with Crippen LogP contribution in [0.2, 0.25) is 0 Å². The molecule has 0 unspecified atom stereocenters. The van der Waals surface area contributed by atoms with Crippen molar-refractivity contribution in [1.29, 1.82) is 0 Å². The summed E-state index contributed by atoms with van der Waals surface area (Å²) >= 11 is 0. The van der Waals surface area contributed by atoms with Gasteiger partial charge in [-0.3, -0.25) is 9.59 Å². The van der Waals surface area contributed by atoms with Crippen molar-refractivity contribution in [3.63, 3.8) is 0 Å². The summed E-state index contributed by atoms with van der Waals surface area (Å²) in [4.78, 5) is 27.9. The second-order valence-corrected chi connectivity index (χ2v) is 9.47. The van der Waals surface area contributed by atoms with Crippen molar-refractivity contribution in [2.45, 2.75) is 56.7 Å². The van der Waals surface area contributed by atoms with Crippen LogP contribution in [0, 0.1) is 5.82 Å². The van der Waals surface area contributed by atoms with E-state index in [0.29, 0.717) is 32.5 Å². The lowest BCUT2D eigenvalue weighted by atomic mass is 10.0. The van der Waals surface area contributed by atoms with Crippen LogP contribution in [-0.2, 0) is 12.1 Å². The number of carbonyl (C=O) groups is 1. The van der Waals surface area contributed by atoms with Gasteiger partial charge in [0.15, 0.2) is 0 Å². The van der Waals surface area contributed by atoms with Crippen molar-refractivity contribution >= 4 is 11.6 Å². The first kappa shape index (κ1) is 27.0. The molecule has 6 nitrogen and oxygen atoms in total. The predicted octanol–water partition coefficient (Wildman–Crippen LogP) is 4.46. The number of anilines is 1. The summed E-state index contributed by atoms with van der Waals surface area (Å²) in [7, 11) is 0. The van der Waals surface area contributed by atoms with Crippen LogP contribution in [0.4, 0.5) is 32.0 Å². The molecule has 2 fully saturated rings.